The Labute approximate surface area is 133 Å². The number of aliphatic hydroxyl groups is 1. The fraction of sp³-hybridized carbons (Fsp3) is 0.667. The number of carbonyl (C=O) groups is 2. The lowest BCUT2D eigenvalue weighted by Crippen LogP contribution is -2.41. The quantitative estimate of drug-likeness (QED) is 0.496. The van der Waals surface area contributed by atoms with Crippen LogP contribution < -0.4 is 0 Å². The van der Waals surface area contributed by atoms with Gasteiger partial charge in [0.05, 0.1) is 6.10 Å². The molecular weight excluding hydrogens is 280 g/mol. The van der Waals surface area contributed by atoms with E-state index in [1.165, 1.54) is 13.0 Å². The van der Waals surface area contributed by atoms with Crippen LogP contribution in [0.25, 0.3) is 0 Å². The highest BCUT2D eigenvalue weighted by atomic mass is 16.6. The number of ketones is 1. The van der Waals surface area contributed by atoms with Crippen LogP contribution in [0.3, 0.4) is 0 Å². The molecule has 124 valence electrons. The van der Waals surface area contributed by atoms with Crippen LogP contribution in [0.1, 0.15) is 65.2 Å². The maximum Gasteiger partial charge on any atom is 0.303 e. The minimum absolute atomic E-state index is 0.151. The molecule has 1 rings (SSSR count). The Morgan fingerprint density at radius 2 is 1.82 bits per heavy atom. The topological polar surface area (TPSA) is 63.6 Å². The third kappa shape index (κ3) is 6.56. The largest absolute Gasteiger partial charge is 0.447 e. The second-order valence-electron chi connectivity index (χ2n) is 6.07. The molecule has 0 spiro atoms. The van der Waals surface area contributed by atoms with E-state index >= 15 is 0 Å². The van der Waals surface area contributed by atoms with Gasteiger partial charge < -0.3 is 9.84 Å². The van der Waals surface area contributed by atoms with E-state index in [2.05, 4.69) is 0 Å². The number of hydrogen-bond donors (Lipinski definition) is 1. The summed E-state index contributed by atoms with van der Waals surface area (Å²) in [6.45, 7) is 3.15. The minimum Gasteiger partial charge on any atom is -0.447 e. The van der Waals surface area contributed by atoms with Crippen molar-refractivity contribution in [3.8, 4) is 0 Å². The normalized spacial score (nSPS) is 21.9. The van der Waals surface area contributed by atoms with Gasteiger partial charge in [-0.2, -0.15) is 0 Å². The molecule has 0 bridgehead atoms. The van der Waals surface area contributed by atoms with Gasteiger partial charge in [-0.15, -0.1) is 0 Å². The lowest BCUT2D eigenvalue weighted by atomic mass is 9.87. The van der Waals surface area contributed by atoms with Gasteiger partial charge in [0, 0.05) is 6.92 Å². The lowest BCUT2D eigenvalue weighted by molar-refractivity contribution is -0.159. The van der Waals surface area contributed by atoms with Gasteiger partial charge in [-0.3, -0.25) is 9.59 Å². The number of aliphatic hydroxyl groups excluding tert-OH is 1. The summed E-state index contributed by atoms with van der Waals surface area (Å²) in [5.41, 5.74) is -1.09. The second kappa shape index (κ2) is 9.57. The minimum atomic E-state index is -1.09. The predicted molar refractivity (Wildman–Crippen MR) is 86.4 cm³/mol. The summed E-state index contributed by atoms with van der Waals surface area (Å²) in [6.07, 6.45) is 14.1. The molecule has 0 saturated heterocycles. The first kappa shape index (κ1) is 18.6. The number of hydrogen-bond acceptors (Lipinski definition) is 4. The molecule has 2 atom stereocenters. The lowest BCUT2D eigenvalue weighted by Gasteiger charge is -2.29. The fourth-order valence-electron chi connectivity index (χ4n) is 2.71. The molecule has 1 aliphatic carbocycles. The average molecular weight is 308 g/mol. The van der Waals surface area contributed by atoms with Gasteiger partial charge in [0.1, 0.15) is 0 Å². The van der Waals surface area contributed by atoms with Crippen molar-refractivity contribution in [3.63, 3.8) is 0 Å². The number of ether oxygens (including phenoxy) is 1. The van der Waals surface area contributed by atoms with Crippen LogP contribution >= 0.6 is 0 Å². The van der Waals surface area contributed by atoms with Crippen molar-refractivity contribution < 1.29 is 19.4 Å². The summed E-state index contributed by atoms with van der Waals surface area (Å²) in [7, 11) is 0. The Hall–Kier alpha value is -1.42. The van der Waals surface area contributed by atoms with Crippen LogP contribution in [-0.2, 0) is 14.3 Å². The van der Waals surface area contributed by atoms with Crippen molar-refractivity contribution in [2.75, 3.05) is 0 Å². The Morgan fingerprint density at radius 3 is 2.41 bits per heavy atom. The Morgan fingerprint density at radius 1 is 1.18 bits per heavy atom. The van der Waals surface area contributed by atoms with Crippen LogP contribution in [0.2, 0.25) is 0 Å². The van der Waals surface area contributed by atoms with Gasteiger partial charge in [-0.05, 0) is 38.3 Å². The van der Waals surface area contributed by atoms with E-state index in [9.17, 15) is 14.7 Å². The summed E-state index contributed by atoms with van der Waals surface area (Å²) in [6, 6.07) is 0. The SMILES string of the molecule is CC(=O)OC1(CCCCCCCCC(C)O)C=CC=CC1=O. The molecule has 0 aliphatic heterocycles. The standard InChI is InChI=1S/C18H28O4/c1-15(19)11-7-5-3-4-6-9-13-18(22-16(2)20)14-10-8-12-17(18)21/h8,10,12,14-15,19H,3-7,9,11,13H2,1-2H3. The zero-order valence-electron chi connectivity index (χ0n) is 13.7. The van der Waals surface area contributed by atoms with Gasteiger partial charge in [0.15, 0.2) is 5.60 Å². The first-order valence-corrected chi connectivity index (χ1v) is 8.24. The molecule has 1 aliphatic rings. The average Bonchev–Trinajstić information content (AvgIpc) is 2.44. The second-order valence-corrected chi connectivity index (χ2v) is 6.07. The number of carbonyl (C=O) groups excluding carboxylic acids is 2. The molecule has 4 nitrogen and oxygen atoms in total. The summed E-state index contributed by atoms with van der Waals surface area (Å²) in [5.74, 6) is -0.575. The molecule has 0 radical (unpaired) electrons. The number of rotatable bonds is 10. The van der Waals surface area contributed by atoms with Crippen LogP contribution in [0.4, 0.5) is 0 Å². The molecule has 22 heavy (non-hydrogen) atoms. The molecule has 0 amide bonds. The van der Waals surface area contributed by atoms with Crippen molar-refractivity contribution in [2.45, 2.75) is 76.9 Å². The smallest absolute Gasteiger partial charge is 0.303 e. The van der Waals surface area contributed by atoms with Crippen LogP contribution in [0, 0.1) is 0 Å². The van der Waals surface area contributed by atoms with Gasteiger partial charge in [0.2, 0.25) is 5.78 Å². The summed E-state index contributed by atoms with van der Waals surface area (Å²) >= 11 is 0. The first-order valence-electron chi connectivity index (χ1n) is 8.24. The Balaban J connectivity index is 2.28. The van der Waals surface area contributed by atoms with Gasteiger partial charge in [-0.25, -0.2) is 0 Å². The Bertz CT molecular complexity index is 423. The van der Waals surface area contributed by atoms with Crippen LogP contribution in [0.5, 0.6) is 0 Å². The molecule has 0 saturated carbocycles. The predicted octanol–water partition coefficient (Wildman–Crippen LogP) is 3.49. The van der Waals surface area contributed by atoms with Gasteiger partial charge in [0.25, 0.3) is 0 Å². The molecular formula is C18H28O4. The van der Waals surface area contributed by atoms with E-state index in [0.29, 0.717) is 6.42 Å². The van der Waals surface area contributed by atoms with E-state index in [4.69, 9.17) is 4.74 Å². The molecule has 0 heterocycles. The van der Waals surface area contributed by atoms with Crippen LogP contribution in [-0.4, -0.2) is 28.6 Å². The maximum atomic E-state index is 12.1. The molecule has 0 fully saturated rings. The molecule has 0 aromatic carbocycles. The molecule has 0 aromatic heterocycles. The number of esters is 1. The van der Waals surface area contributed by atoms with E-state index in [1.54, 1.807) is 18.2 Å². The van der Waals surface area contributed by atoms with Crippen molar-refractivity contribution in [3.05, 3.63) is 24.3 Å². The summed E-state index contributed by atoms with van der Waals surface area (Å²) < 4.78 is 5.31. The molecule has 2 unspecified atom stereocenters. The molecule has 1 N–H and O–H groups in total. The third-order valence-electron chi connectivity index (χ3n) is 3.89. The Kier molecular flexibility index (Phi) is 8.10. The highest BCUT2D eigenvalue weighted by molar-refractivity contribution is 6.01. The highest BCUT2D eigenvalue weighted by Gasteiger charge is 2.37. The molecule has 4 heteroatoms. The van der Waals surface area contributed by atoms with Crippen LogP contribution in [0.15, 0.2) is 24.3 Å². The summed E-state index contributed by atoms with van der Waals surface area (Å²) in [4.78, 5) is 23.4. The third-order valence-corrected chi connectivity index (χ3v) is 3.89. The number of unbranched alkanes of at least 4 members (excludes halogenated alkanes) is 5. The van der Waals surface area contributed by atoms with Crippen molar-refractivity contribution in [1.82, 2.24) is 0 Å². The highest BCUT2D eigenvalue weighted by Crippen LogP contribution is 2.27. The maximum absolute atomic E-state index is 12.1. The molecule has 0 aromatic rings. The van der Waals surface area contributed by atoms with E-state index in [0.717, 1.165) is 44.9 Å². The van der Waals surface area contributed by atoms with E-state index in [-0.39, 0.29) is 11.9 Å². The van der Waals surface area contributed by atoms with Gasteiger partial charge >= 0.3 is 5.97 Å². The summed E-state index contributed by atoms with van der Waals surface area (Å²) in [5, 5.41) is 9.18. The van der Waals surface area contributed by atoms with E-state index < -0.39 is 11.6 Å². The monoisotopic (exact) mass is 308 g/mol. The van der Waals surface area contributed by atoms with Crippen molar-refractivity contribution in [1.29, 1.82) is 0 Å². The zero-order chi connectivity index (χ0) is 16.4. The van der Waals surface area contributed by atoms with Gasteiger partial charge in [-0.1, -0.05) is 44.3 Å². The zero-order valence-corrected chi connectivity index (χ0v) is 13.7. The fourth-order valence-corrected chi connectivity index (χ4v) is 2.71. The number of allylic oxidation sites excluding steroid dienone is 2. The van der Waals surface area contributed by atoms with Crippen molar-refractivity contribution >= 4 is 11.8 Å². The first-order chi connectivity index (χ1) is 10.5. The van der Waals surface area contributed by atoms with Crippen molar-refractivity contribution in [2.24, 2.45) is 0 Å². The van der Waals surface area contributed by atoms with E-state index in [1.807, 2.05) is 6.92 Å².